The van der Waals surface area contributed by atoms with Crippen molar-refractivity contribution in [1.29, 1.82) is 0 Å². The van der Waals surface area contributed by atoms with Gasteiger partial charge in [0.1, 0.15) is 0 Å². The first-order valence-corrected chi connectivity index (χ1v) is 10.6. The molecule has 0 saturated heterocycles. The molecule has 0 fully saturated rings. The molecule has 28 heavy (non-hydrogen) atoms. The molecule has 0 atom stereocenters. The molecule has 2 aliphatic carbocycles. The fourth-order valence-electron chi connectivity index (χ4n) is 4.59. The minimum Gasteiger partial charge on any atom is -0.478 e. The van der Waals surface area contributed by atoms with Crippen LogP contribution in [0, 0.1) is 0 Å². The Balaban J connectivity index is 2.05. The van der Waals surface area contributed by atoms with Gasteiger partial charge in [0.05, 0.1) is 5.57 Å². The summed E-state index contributed by atoms with van der Waals surface area (Å²) in [6, 6.07) is 6.30. The van der Waals surface area contributed by atoms with Gasteiger partial charge in [0.2, 0.25) is 0 Å². The number of carboxylic acids is 1. The Morgan fingerprint density at radius 3 is 2.32 bits per heavy atom. The van der Waals surface area contributed by atoms with Crippen LogP contribution in [0.4, 0.5) is 0 Å². The molecule has 2 aliphatic rings. The smallest absolute Gasteiger partial charge is 0.336 e. The van der Waals surface area contributed by atoms with Crippen molar-refractivity contribution < 1.29 is 9.90 Å². The number of aliphatic carboxylic acids is 1. The van der Waals surface area contributed by atoms with E-state index in [-0.39, 0.29) is 10.8 Å². The molecule has 2 nitrogen and oxygen atoms in total. The quantitative estimate of drug-likeness (QED) is 0.454. The molecule has 0 unspecified atom stereocenters. The second-order valence-corrected chi connectivity index (χ2v) is 9.75. The molecule has 0 spiro atoms. The molecule has 0 aromatic heterocycles. The van der Waals surface area contributed by atoms with Crippen LogP contribution in [0.1, 0.15) is 89.8 Å². The summed E-state index contributed by atoms with van der Waals surface area (Å²) in [7, 11) is 0. The second-order valence-electron chi connectivity index (χ2n) is 9.75. The van der Waals surface area contributed by atoms with Crippen molar-refractivity contribution in [3.63, 3.8) is 0 Å². The van der Waals surface area contributed by atoms with E-state index in [1.165, 1.54) is 29.5 Å². The third-order valence-corrected chi connectivity index (χ3v) is 6.62. The van der Waals surface area contributed by atoms with Crippen molar-refractivity contribution in [2.75, 3.05) is 0 Å². The van der Waals surface area contributed by atoms with E-state index in [1.807, 2.05) is 19.1 Å². The van der Waals surface area contributed by atoms with Gasteiger partial charge in [-0.15, -0.1) is 0 Å². The molecule has 0 bridgehead atoms. The lowest BCUT2D eigenvalue weighted by atomic mass is 9.63. The molecule has 150 valence electrons. The summed E-state index contributed by atoms with van der Waals surface area (Å²) in [4.78, 5) is 12.1. The largest absolute Gasteiger partial charge is 0.478 e. The number of rotatable bonds is 4. The van der Waals surface area contributed by atoms with Gasteiger partial charge < -0.3 is 5.11 Å². The number of carbonyl (C=O) groups is 1. The number of fused-ring (bicyclic) bond motifs is 1. The zero-order valence-electron chi connectivity index (χ0n) is 18.1. The molecule has 1 aromatic carbocycles. The van der Waals surface area contributed by atoms with Crippen LogP contribution in [0.5, 0.6) is 0 Å². The van der Waals surface area contributed by atoms with Crippen LogP contribution in [-0.4, -0.2) is 11.1 Å². The first kappa shape index (κ1) is 20.6. The lowest BCUT2D eigenvalue weighted by molar-refractivity contribution is -0.130. The zero-order chi connectivity index (χ0) is 20.5. The van der Waals surface area contributed by atoms with Crippen LogP contribution in [0.15, 0.2) is 47.6 Å². The molecule has 0 amide bonds. The monoisotopic (exact) mass is 378 g/mol. The second kappa shape index (κ2) is 7.73. The highest BCUT2D eigenvalue weighted by molar-refractivity contribution is 6.17. The van der Waals surface area contributed by atoms with Crippen molar-refractivity contribution in [2.24, 2.45) is 0 Å². The predicted octanol–water partition coefficient (Wildman–Crippen LogP) is 6.95. The molecule has 0 aliphatic heterocycles. The van der Waals surface area contributed by atoms with Gasteiger partial charge in [-0.3, -0.25) is 0 Å². The van der Waals surface area contributed by atoms with E-state index in [4.69, 9.17) is 0 Å². The molecular formula is C26H34O2. The van der Waals surface area contributed by atoms with Crippen LogP contribution in [0.2, 0.25) is 0 Å². The van der Waals surface area contributed by atoms with E-state index >= 15 is 0 Å². The molecule has 2 heteroatoms. The normalized spacial score (nSPS) is 21.7. The topological polar surface area (TPSA) is 37.3 Å². The van der Waals surface area contributed by atoms with Gasteiger partial charge in [-0.1, -0.05) is 69.7 Å². The maximum atomic E-state index is 12.1. The zero-order valence-corrected chi connectivity index (χ0v) is 18.1. The summed E-state index contributed by atoms with van der Waals surface area (Å²) in [5.74, 6) is -0.854. The van der Waals surface area contributed by atoms with Crippen molar-refractivity contribution in [1.82, 2.24) is 0 Å². The molecule has 0 heterocycles. The Bertz CT molecular complexity index is 862. The molecule has 0 saturated carbocycles. The maximum absolute atomic E-state index is 12.1. The van der Waals surface area contributed by atoms with Crippen molar-refractivity contribution in [3.05, 3.63) is 64.3 Å². The van der Waals surface area contributed by atoms with Crippen molar-refractivity contribution in [3.8, 4) is 0 Å². The fraction of sp³-hybridized carbons (Fsp3) is 0.500. The van der Waals surface area contributed by atoms with Crippen LogP contribution >= 0.6 is 0 Å². The van der Waals surface area contributed by atoms with Crippen LogP contribution < -0.4 is 0 Å². The van der Waals surface area contributed by atoms with Crippen LogP contribution in [0.25, 0.3) is 5.57 Å². The number of hydrogen-bond acceptors (Lipinski definition) is 1. The van der Waals surface area contributed by atoms with Gasteiger partial charge in [-0.25, -0.2) is 4.79 Å². The minimum absolute atomic E-state index is 0.0706. The lowest BCUT2D eigenvalue weighted by Gasteiger charge is -2.42. The highest BCUT2D eigenvalue weighted by atomic mass is 16.4. The Hall–Kier alpha value is -2.09. The molecular weight excluding hydrogens is 344 g/mol. The van der Waals surface area contributed by atoms with Gasteiger partial charge in [-0.05, 0) is 78.5 Å². The van der Waals surface area contributed by atoms with Crippen LogP contribution in [-0.2, 0) is 15.6 Å². The summed E-state index contributed by atoms with van der Waals surface area (Å²) in [6.45, 7) is 11.0. The summed E-state index contributed by atoms with van der Waals surface area (Å²) in [5, 5.41) is 9.96. The van der Waals surface area contributed by atoms with Crippen LogP contribution in [0.3, 0.4) is 0 Å². The SMILES string of the molecule is CC(C=CC1=CCCCC1)=C(C(=O)O)c1ccc2c(c1)C(C)(C)CCC2(C)C. The van der Waals surface area contributed by atoms with Crippen molar-refractivity contribution >= 4 is 11.5 Å². The maximum Gasteiger partial charge on any atom is 0.336 e. The van der Waals surface area contributed by atoms with Gasteiger partial charge in [0.25, 0.3) is 0 Å². The highest BCUT2D eigenvalue weighted by Crippen LogP contribution is 2.46. The molecule has 1 aromatic rings. The van der Waals surface area contributed by atoms with Gasteiger partial charge in [0.15, 0.2) is 0 Å². The first-order valence-electron chi connectivity index (χ1n) is 10.6. The van der Waals surface area contributed by atoms with E-state index < -0.39 is 5.97 Å². The van der Waals surface area contributed by atoms with E-state index in [0.29, 0.717) is 5.57 Å². The average Bonchev–Trinajstić information content (AvgIpc) is 2.65. The first-order chi connectivity index (χ1) is 13.1. The summed E-state index contributed by atoms with van der Waals surface area (Å²) in [5.41, 5.74) is 6.23. The number of benzene rings is 1. The van der Waals surface area contributed by atoms with Gasteiger partial charge in [-0.2, -0.15) is 0 Å². The van der Waals surface area contributed by atoms with E-state index in [9.17, 15) is 9.90 Å². The standard InChI is InChI=1S/C26H34O2/c1-18(11-12-19-9-7-6-8-10-19)23(24(27)28)20-13-14-21-22(17-20)26(4,5)16-15-25(21,2)3/h9,11-14,17H,6-8,10,15-16H2,1-5H3,(H,27,28). The third-order valence-electron chi connectivity index (χ3n) is 6.62. The highest BCUT2D eigenvalue weighted by Gasteiger charge is 2.37. The van der Waals surface area contributed by atoms with Crippen molar-refractivity contribution in [2.45, 2.75) is 84.0 Å². The Kier molecular flexibility index (Phi) is 5.70. The van der Waals surface area contributed by atoms with E-state index in [2.05, 4.69) is 52.0 Å². The number of allylic oxidation sites excluding steroid dienone is 5. The fourth-order valence-corrected chi connectivity index (χ4v) is 4.59. The summed E-state index contributed by atoms with van der Waals surface area (Å²) < 4.78 is 0. The summed E-state index contributed by atoms with van der Waals surface area (Å²) >= 11 is 0. The van der Waals surface area contributed by atoms with E-state index in [0.717, 1.165) is 36.8 Å². The Morgan fingerprint density at radius 1 is 1.04 bits per heavy atom. The predicted molar refractivity (Wildman–Crippen MR) is 118 cm³/mol. The lowest BCUT2D eigenvalue weighted by Crippen LogP contribution is -2.33. The molecule has 0 radical (unpaired) electrons. The Morgan fingerprint density at radius 2 is 1.71 bits per heavy atom. The molecule has 1 N–H and O–H groups in total. The number of carboxylic acid groups (broad SMARTS) is 1. The van der Waals surface area contributed by atoms with Gasteiger partial charge in [0, 0.05) is 0 Å². The summed E-state index contributed by atoms with van der Waals surface area (Å²) in [6.07, 6.45) is 13.3. The van der Waals surface area contributed by atoms with E-state index in [1.54, 1.807) is 0 Å². The number of hydrogen-bond donors (Lipinski definition) is 1. The molecule has 3 rings (SSSR count). The Labute approximate surface area is 170 Å². The van der Waals surface area contributed by atoms with Gasteiger partial charge >= 0.3 is 5.97 Å². The third kappa shape index (κ3) is 4.16. The minimum atomic E-state index is -0.854. The average molecular weight is 379 g/mol.